The Balaban J connectivity index is 1.79. The minimum absolute atomic E-state index is 0.0131. The summed E-state index contributed by atoms with van der Waals surface area (Å²) in [6.45, 7) is 1.07. The Morgan fingerprint density at radius 3 is 2.54 bits per heavy atom. The van der Waals surface area contributed by atoms with Crippen LogP contribution in [-0.4, -0.2) is 62.8 Å². The average molecular weight is 489 g/mol. The molecule has 1 fully saturated rings. The van der Waals surface area contributed by atoms with Gasteiger partial charge in [-0.3, -0.25) is 4.79 Å². The van der Waals surface area contributed by atoms with Crippen LogP contribution in [0.1, 0.15) is 16.7 Å². The number of nitrogens with zero attached hydrogens (tertiary/aromatic N) is 3. The van der Waals surface area contributed by atoms with E-state index in [2.05, 4.69) is 10.6 Å². The summed E-state index contributed by atoms with van der Waals surface area (Å²) in [5.74, 6) is -0.439. The summed E-state index contributed by atoms with van der Waals surface area (Å²) in [7, 11) is 1.49. The van der Waals surface area contributed by atoms with Crippen LogP contribution < -0.4 is 15.5 Å². The summed E-state index contributed by atoms with van der Waals surface area (Å²) in [6.07, 6.45) is -4.70. The number of carbonyl (C=O) groups is 2. The molecule has 0 bridgehead atoms. The maximum Gasteiger partial charge on any atom is 0.417 e. The molecule has 35 heavy (non-hydrogen) atoms. The zero-order valence-corrected chi connectivity index (χ0v) is 19.1. The normalized spacial score (nSPS) is 15.9. The monoisotopic (exact) mass is 489 g/mol. The molecule has 1 heterocycles. The van der Waals surface area contributed by atoms with Gasteiger partial charge < -0.3 is 25.2 Å². The van der Waals surface area contributed by atoms with Gasteiger partial charge in [0.15, 0.2) is 0 Å². The number of anilines is 1. The van der Waals surface area contributed by atoms with Crippen molar-refractivity contribution in [2.75, 3.05) is 44.8 Å². The standard InChI is InChI=1S/C24H26F3N5O3/c1-35-12-9-29-22(33)21-16-31(19-8-7-18(14-28)20(13-19)24(25,26)27)10-11-32(21)23(34)30-15-17-5-3-2-4-6-17/h2-8,13,21H,9-12,15-16H2,1H3,(H,29,33)(H,30,34). The van der Waals surface area contributed by atoms with Gasteiger partial charge in [-0.1, -0.05) is 30.3 Å². The number of alkyl halides is 3. The van der Waals surface area contributed by atoms with E-state index >= 15 is 0 Å². The molecule has 2 aromatic carbocycles. The number of halogens is 3. The molecular formula is C24H26F3N5O3. The zero-order chi connectivity index (χ0) is 25.4. The number of carbonyl (C=O) groups excluding carboxylic acids is 2. The van der Waals surface area contributed by atoms with E-state index in [0.29, 0.717) is 0 Å². The van der Waals surface area contributed by atoms with E-state index in [1.54, 1.807) is 11.0 Å². The number of nitrogens with one attached hydrogen (secondary N) is 2. The van der Waals surface area contributed by atoms with Crippen molar-refractivity contribution in [1.82, 2.24) is 15.5 Å². The molecule has 0 saturated carbocycles. The molecule has 2 aromatic rings. The zero-order valence-electron chi connectivity index (χ0n) is 19.1. The number of rotatable bonds is 7. The molecule has 8 nitrogen and oxygen atoms in total. The molecule has 0 radical (unpaired) electrons. The first kappa shape index (κ1) is 25.8. The fourth-order valence-corrected chi connectivity index (χ4v) is 3.82. The molecule has 186 valence electrons. The van der Waals surface area contributed by atoms with E-state index in [4.69, 9.17) is 10.00 Å². The molecule has 1 saturated heterocycles. The summed E-state index contributed by atoms with van der Waals surface area (Å²) in [5.41, 5.74) is -0.413. The van der Waals surface area contributed by atoms with Gasteiger partial charge in [-0.15, -0.1) is 0 Å². The van der Waals surface area contributed by atoms with Gasteiger partial charge in [0.05, 0.1) is 23.8 Å². The number of methoxy groups -OCH3 is 1. The third-order valence-electron chi connectivity index (χ3n) is 5.63. The lowest BCUT2D eigenvalue weighted by Crippen LogP contribution is -2.62. The third-order valence-corrected chi connectivity index (χ3v) is 5.63. The lowest BCUT2D eigenvalue weighted by molar-refractivity contribution is -0.137. The van der Waals surface area contributed by atoms with Crippen LogP contribution in [0.5, 0.6) is 0 Å². The molecule has 0 aliphatic carbocycles. The maximum atomic E-state index is 13.4. The number of nitriles is 1. The van der Waals surface area contributed by atoms with Gasteiger partial charge in [0.2, 0.25) is 5.91 Å². The van der Waals surface area contributed by atoms with Crippen LogP contribution in [0.3, 0.4) is 0 Å². The molecule has 1 aliphatic heterocycles. The highest BCUT2D eigenvalue weighted by Gasteiger charge is 2.37. The fourth-order valence-electron chi connectivity index (χ4n) is 3.82. The Kier molecular flexibility index (Phi) is 8.54. The van der Waals surface area contributed by atoms with Crippen LogP contribution in [0.15, 0.2) is 48.5 Å². The minimum atomic E-state index is -4.70. The Morgan fingerprint density at radius 2 is 1.89 bits per heavy atom. The summed E-state index contributed by atoms with van der Waals surface area (Å²) < 4.78 is 45.3. The van der Waals surface area contributed by atoms with Crippen molar-refractivity contribution >= 4 is 17.6 Å². The Bertz CT molecular complexity index is 1070. The van der Waals surface area contributed by atoms with Crippen molar-refractivity contribution in [2.45, 2.75) is 18.8 Å². The number of ether oxygens (including phenoxy) is 1. The number of hydrogen-bond acceptors (Lipinski definition) is 5. The van der Waals surface area contributed by atoms with Crippen LogP contribution in [0.2, 0.25) is 0 Å². The van der Waals surface area contributed by atoms with Crippen LogP contribution in [0.4, 0.5) is 23.7 Å². The lowest BCUT2D eigenvalue weighted by Gasteiger charge is -2.41. The van der Waals surface area contributed by atoms with Crippen molar-refractivity contribution in [3.05, 3.63) is 65.2 Å². The van der Waals surface area contributed by atoms with Gasteiger partial charge in [0.1, 0.15) is 6.04 Å². The van der Waals surface area contributed by atoms with Gasteiger partial charge in [0.25, 0.3) is 0 Å². The van der Waals surface area contributed by atoms with Gasteiger partial charge in [-0.2, -0.15) is 18.4 Å². The van der Waals surface area contributed by atoms with E-state index < -0.39 is 35.3 Å². The molecule has 2 N–H and O–H groups in total. The highest BCUT2D eigenvalue weighted by molar-refractivity contribution is 5.88. The first-order valence-corrected chi connectivity index (χ1v) is 11.0. The maximum absolute atomic E-state index is 13.4. The second kappa shape index (κ2) is 11.6. The number of amides is 3. The molecule has 3 amide bonds. The number of hydrogen-bond donors (Lipinski definition) is 2. The quantitative estimate of drug-likeness (QED) is 0.583. The van der Waals surface area contributed by atoms with Crippen molar-refractivity contribution < 1.29 is 27.5 Å². The van der Waals surface area contributed by atoms with E-state index in [9.17, 15) is 22.8 Å². The molecule has 3 rings (SSSR count). The first-order valence-electron chi connectivity index (χ1n) is 11.0. The molecule has 0 aromatic heterocycles. The molecule has 11 heteroatoms. The van der Waals surface area contributed by atoms with E-state index in [1.807, 2.05) is 30.3 Å². The largest absolute Gasteiger partial charge is 0.417 e. The van der Waals surface area contributed by atoms with Crippen molar-refractivity contribution in [3.63, 3.8) is 0 Å². The predicted octanol–water partition coefficient (Wildman–Crippen LogP) is 2.74. The van der Waals surface area contributed by atoms with Gasteiger partial charge in [-0.05, 0) is 23.8 Å². The highest BCUT2D eigenvalue weighted by Crippen LogP contribution is 2.35. The number of urea groups is 1. The van der Waals surface area contributed by atoms with E-state index in [1.165, 1.54) is 18.1 Å². The fraction of sp³-hybridized carbons (Fsp3) is 0.375. The van der Waals surface area contributed by atoms with Crippen LogP contribution >= 0.6 is 0 Å². The molecule has 1 unspecified atom stereocenters. The molecule has 0 spiro atoms. The van der Waals surface area contributed by atoms with Crippen molar-refractivity contribution in [1.29, 1.82) is 5.26 Å². The van der Waals surface area contributed by atoms with Crippen LogP contribution in [0.25, 0.3) is 0 Å². The molecular weight excluding hydrogens is 463 g/mol. The summed E-state index contributed by atoms with van der Waals surface area (Å²) >= 11 is 0. The summed E-state index contributed by atoms with van der Waals surface area (Å²) in [5, 5.41) is 14.6. The Hall–Kier alpha value is -3.78. The minimum Gasteiger partial charge on any atom is -0.383 e. The van der Waals surface area contributed by atoms with Gasteiger partial charge in [0, 0.05) is 45.5 Å². The number of piperazine rings is 1. The summed E-state index contributed by atoms with van der Waals surface area (Å²) in [6, 6.07) is 12.9. The number of benzene rings is 2. The van der Waals surface area contributed by atoms with Crippen LogP contribution in [0, 0.1) is 11.3 Å². The Morgan fingerprint density at radius 1 is 1.14 bits per heavy atom. The third kappa shape index (κ3) is 6.64. The second-order valence-corrected chi connectivity index (χ2v) is 7.92. The SMILES string of the molecule is COCCNC(=O)C1CN(c2ccc(C#N)c(C(F)(F)F)c2)CCN1C(=O)NCc1ccccc1. The first-order chi connectivity index (χ1) is 16.7. The molecule has 1 atom stereocenters. The highest BCUT2D eigenvalue weighted by atomic mass is 19.4. The topological polar surface area (TPSA) is 97.7 Å². The van der Waals surface area contributed by atoms with Crippen molar-refractivity contribution in [2.24, 2.45) is 0 Å². The van der Waals surface area contributed by atoms with Gasteiger partial charge >= 0.3 is 12.2 Å². The van der Waals surface area contributed by atoms with Crippen molar-refractivity contribution in [3.8, 4) is 6.07 Å². The predicted molar refractivity (Wildman–Crippen MR) is 122 cm³/mol. The average Bonchev–Trinajstić information content (AvgIpc) is 2.86. The van der Waals surface area contributed by atoms with Gasteiger partial charge in [-0.25, -0.2) is 4.79 Å². The lowest BCUT2D eigenvalue weighted by atomic mass is 10.0. The molecule has 1 aliphatic rings. The summed E-state index contributed by atoms with van der Waals surface area (Å²) in [4.78, 5) is 28.9. The van der Waals surface area contributed by atoms with E-state index in [-0.39, 0.29) is 45.0 Å². The van der Waals surface area contributed by atoms with Crippen LogP contribution in [-0.2, 0) is 22.3 Å². The smallest absolute Gasteiger partial charge is 0.383 e. The Labute approximate surface area is 201 Å². The second-order valence-electron chi connectivity index (χ2n) is 7.92. The van der Waals surface area contributed by atoms with E-state index in [0.717, 1.165) is 17.7 Å².